The first-order valence-corrected chi connectivity index (χ1v) is 10.4. The van der Waals surface area contributed by atoms with Crippen LogP contribution in [0.5, 0.6) is 5.75 Å². The number of rotatable bonds is 3. The van der Waals surface area contributed by atoms with E-state index in [1.807, 2.05) is 77.3 Å². The van der Waals surface area contributed by atoms with Gasteiger partial charge in [0.2, 0.25) is 6.10 Å². The number of carbonyl (C=O) groups is 1. The van der Waals surface area contributed by atoms with Crippen LogP contribution in [-0.4, -0.2) is 17.3 Å². The Hall–Kier alpha value is -2.72. The van der Waals surface area contributed by atoms with Crippen molar-refractivity contribution in [3.8, 4) is 5.75 Å². The lowest BCUT2D eigenvalue weighted by Gasteiger charge is -2.56. The molecule has 1 fully saturated rings. The van der Waals surface area contributed by atoms with Gasteiger partial charge in [-0.2, -0.15) is 0 Å². The molecular formula is C24H21NO2S. The lowest BCUT2D eigenvalue weighted by atomic mass is 9.71. The van der Waals surface area contributed by atoms with Crippen molar-refractivity contribution in [1.29, 1.82) is 0 Å². The van der Waals surface area contributed by atoms with Gasteiger partial charge in [0.25, 0.3) is 5.91 Å². The number of hydrogen-bond acceptors (Lipinski definition) is 3. The number of fused-ring (bicyclic) bond motifs is 3. The normalized spacial score (nSPS) is 25.9. The number of hydrogen-bond donors (Lipinski definition) is 0. The number of benzene rings is 3. The number of nitrogens with zero attached hydrogens (tertiary/aromatic N) is 1. The van der Waals surface area contributed by atoms with Gasteiger partial charge in [-0.1, -0.05) is 67.6 Å². The molecule has 0 saturated carbocycles. The molecule has 0 aromatic heterocycles. The van der Waals surface area contributed by atoms with Gasteiger partial charge in [0.15, 0.2) is 0 Å². The molecule has 3 nitrogen and oxygen atoms in total. The van der Waals surface area contributed by atoms with E-state index in [1.54, 1.807) is 0 Å². The van der Waals surface area contributed by atoms with Crippen LogP contribution in [0.25, 0.3) is 0 Å². The van der Waals surface area contributed by atoms with Crippen LogP contribution in [0, 0.1) is 0 Å². The van der Waals surface area contributed by atoms with Gasteiger partial charge in [0.05, 0.1) is 5.69 Å². The van der Waals surface area contributed by atoms with Gasteiger partial charge in [-0.3, -0.25) is 9.69 Å². The largest absolute Gasteiger partial charge is 0.478 e. The Morgan fingerprint density at radius 2 is 1.57 bits per heavy atom. The molecule has 3 atom stereocenters. The standard InChI is InChI=1S/C24H21NO2S/c1-17-16-24(18-10-4-2-5-11-18)22(27-19-12-6-3-7-13-19)23(26)25(24)20-14-8-9-15-21(20)28-17/h2-15,17,22H,16H2,1H3/t17-,22+,24+/m1/s1. The van der Waals surface area contributed by atoms with Crippen LogP contribution < -0.4 is 9.64 Å². The summed E-state index contributed by atoms with van der Waals surface area (Å²) in [6, 6.07) is 28.2. The molecule has 1 saturated heterocycles. The second kappa shape index (κ2) is 6.71. The molecule has 0 N–H and O–H groups in total. The van der Waals surface area contributed by atoms with Crippen molar-refractivity contribution < 1.29 is 9.53 Å². The summed E-state index contributed by atoms with van der Waals surface area (Å²) in [6.07, 6.45) is 0.297. The Labute approximate surface area is 169 Å². The van der Waals surface area contributed by atoms with E-state index in [9.17, 15) is 4.79 Å². The first-order valence-electron chi connectivity index (χ1n) is 9.57. The number of anilines is 1. The van der Waals surface area contributed by atoms with Crippen molar-refractivity contribution >= 4 is 23.4 Å². The van der Waals surface area contributed by atoms with Gasteiger partial charge in [-0.05, 0) is 36.2 Å². The molecule has 2 heterocycles. The zero-order chi connectivity index (χ0) is 19.1. The molecule has 3 aromatic carbocycles. The summed E-state index contributed by atoms with van der Waals surface area (Å²) in [7, 11) is 0. The Kier molecular flexibility index (Phi) is 4.17. The predicted octanol–water partition coefficient (Wildman–Crippen LogP) is 5.26. The molecular weight excluding hydrogens is 366 g/mol. The van der Waals surface area contributed by atoms with Gasteiger partial charge in [-0.25, -0.2) is 0 Å². The van der Waals surface area contributed by atoms with Crippen LogP contribution in [0.1, 0.15) is 18.9 Å². The second-order valence-electron chi connectivity index (χ2n) is 7.38. The molecule has 0 bridgehead atoms. The minimum Gasteiger partial charge on any atom is -0.478 e. The molecule has 2 aliphatic rings. The van der Waals surface area contributed by atoms with Crippen molar-refractivity contribution in [2.75, 3.05) is 4.90 Å². The number of para-hydroxylation sites is 2. The number of carbonyl (C=O) groups excluding carboxylic acids is 1. The summed E-state index contributed by atoms with van der Waals surface area (Å²) >= 11 is 1.83. The molecule has 0 radical (unpaired) electrons. The van der Waals surface area contributed by atoms with Gasteiger partial charge < -0.3 is 4.74 Å². The van der Waals surface area contributed by atoms with Crippen LogP contribution in [-0.2, 0) is 10.3 Å². The highest BCUT2D eigenvalue weighted by Gasteiger charge is 2.65. The van der Waals surface area contributed by atoms with Gasteiger partial charge >= 0.3 is 0 Å². The molecule has 0 aliphatic carbocycles. The minimum atomic E-state index is -0.536. The molecule has 4 heteroatoms. The summed E-state index contributed by atoms with van der Waals surface area (Å²) in [5.41, 5.74) is 1.60. The van der Waals surface area contributed by atoms with Crippen molar-refractivity contribution in [2.24, 2.45) is 0 Å². The Morgan fingerprint density at radius 1 is 0.929 bits per heavy atom. The maximum atomic E-state index is 13.4. The summed E-state index contributed by atoms with van der Waals surface area (Å²) in [5, 5.41) is 0.348. The number of amides is 1. The highest BCUT2D eigenvalue weighted by atomic mass is 32.2. The molecule has 0 spiro atoms. The van der Waals surface area contributed by atoms with E-state index in [0.717, 1.165) is 28.3 Å². The third kappa shape index (κ3) is 2.55. The number of β-lactam (4-membered cyclic amide) rings is 1. The summed E-state index contributed by atoms with van der Waals surface area (Å²) in [4.78, 5) is 16.5. The van der Waals surface area contributed by atoms with Crippen molar-refractivity contribution in [3.63, 3.8) is 0 Å². The van der Waals surface area contributed by atoms with E-state index >= 15 is 0 Å². The van der Waals surface area contributed by atoms with Crippen LogP contribution in [0.15, 0.2) is 89.8 Å². The number of ether oxygens (including phenoxy) is 1. The quantitative estimate of drug-likeness (QED) is 0.574. The topological polar surface area (TPSA) is 29.5 Å². The van der Waals surface area contributed by atoms with E-state index < -0.39 is 11.6 Å². The van der Waals surface area contributed by atoms with E-state index in [2.05, 4.69) is 31.2 Å². The van der Waals surface area contributed by atoms with Crippen molar-refractivity contribution in [2.45, 2.75) is 35.1 Å². The van der Waals surface area contributed by atoms with Crippen LogP contribution in [0.3, 0.4) is 0 Å². The van der Waals surface area contributed by atoms with Gasteiger partial charge in [-0.15, -0.1) is 11.8 Å². The van der Waals surface area contributed by atoms with Crippen LogP contribution in [0.2, 0.25) is 0 Å². The zero-order valence-corrected chi connectivity index (χ0v) is 16.4. The lowest BCUT2D eigenvalue weighted by molar-refractivity contribution is -0.142. The number of thioether (sulfide) groups is 1. The first-order chi connectivity index (χ1) is 13.7. The molecule has 1 amide bonds. The van der Waals surface area contributed by atoms with E-state index in [-0.39, 0.29) is 5.91 Å². The third-order valence-corrected chi connectivity index (χ3v) is 6.75. The molecule has 0 unspecified atom stereocenters. The summed E-state index contributed by atoms with van der Waals surface area (Å²) in [5.74, 6) is 0.753. The first kappa shape index (κ1) is 17.4. The van der Waals surface area contributed by atoms with E-state index in [1.165, 1.54) is 0 Å². The molecule has 5 rings (SSSR count). The predicted molar refractivity (Wildman–Crippen MR) is 113 cm³/mol. The van der Waals surface area contributed by atoms with Crippen molar-refractivity contribution in [3.05, 3.63) is 90.5 Å². The zero-order valence-electron chi connectivity index (χ0n) is 15.6. The monoisotopic (exact) mass is 387 g/mol. The van der Waals surface area contributed by atoms with Crippen molar-refractivity contribution in [1.82, 2.24) is 0 Å². The molecule has 28 heavy (non-hydrogen) atoms. The Morgan fingerprint density at radius 3 is 2.32 bits per heavy atom. The molecule has 140 valence electrons. The highest BCUT2D eigenvalue weighted by molar-refractivity contribution is 8.00. The van der Waals surface area contributed by atoms with Gasteiger partial charge in [0, 0.05) is 10.1 Å². The minimum absolute atomic E-state index is 0.0230. The average Bonchev–Trinajstić information content (AvgIpc) is 2.85. The highest BCUT2D eigenvalue weighted by Crippen LogP contribution is 2.55. The molecule has 3 aromatic rings. The van der Waals surface area contributed by atoms with E-state index in [4.69, 9.17) is 4.74 Å². The van der Waals surface area contributed by atoms with E-state index in [0.29, 0.717) is 5.25 Å². The smallest absolute Gasteiger partial charge is 0.271 e. The van der Waals surface area contributed by atoms with Crippen LogP contribution in [0.4, 0.5) is 5.69 Å². The Balaban J connectivity index is 1.67. The summed E-state index contributed by atoms with van der Waals surface area (Å²) < 4.78 is 6.31. The fourth-order valence-electron chi connectivity index (χ4n) is 4.45. The Bertz CT molecular complexity index is 1010. The maximum Gasteiger partial charge on any atom is 0.271 e. The average molecular weight is 388 g/mol. The second-order valence-corrected chi connectivity index (χ2v) is 8.86. The third-order valence-electron chi connectivity index (χ3n) is 5.58. The van der Waals surface area contributed by atoms with Crippen LogP contribution >= 0.6 is 11.8 Å². The maximum absolute atomic E-state index is 13.4. The van der Waals surface area contributed by atoms with Gasteiger partial charge in [0.1, 0.15) is 11.3 Å². The fourth-order valence-corrected chi connectivity index (χ4v) is 5.66. The SMILES string of the molecule is C[C@@H]1C[C@]2(c3ccccc3)[C@@H](Oc3ccccc3)C(=O)N2c2ccccc2S1. The fraction of sp³-hybridized carbons (Fsp3) is 0.208. The molecule has 2 aliphatic heterocycles. The summed E-state index contributed by atoms with van der Waals surface area (Å²) in [6.45, 7) is 2.23. The lowest BCUT2D eigenvalue weighted by Crippen LogP contribution is -2.74.